The van der Waals surface area contributed by atoms with Crippen LogP contribution in [0.1, 0.15) is 29.2 Å². The Hall–Kier alpha value is -5.28. The molecule has 1 aliphatic heterocycles. The molecule has 9 nitrogen and oxygen atoms in total. The first kappa shape index (κ1) is 31.2. The Kier molecular flexibility index (Phi) is 9.70. The van der Waals surface area contributed by atoms with Crippen molar-refractivity contribution in [1.29, 1.82) is 0 Å². The SMILES string of the molecule is CCOc1cc(COc2ccc(/C=C3\C(=O)NC(=O)N(c4ccc(C)c(Cl)c4)C3=O)cc2OC)ccc1OCc1ccccc1. The maximum Gasteiger partial charge on any atom is 0.335 e. The van der Waals surface area contributed by atoms with Crippen molar-refractivity contribution >= 4 is 41.2 Å². The lowest BCUT2D eigenvalue weighted by Crippen LogP contribution is -2.54. The summed E-state index contributed by atoms with van der Waals surface area (Å²) in [6, 6.07) is 24.4. The zero-order valence-corrected chi connectivity index (χ0v) is 25.7. The summed E-state index contributed by atoms with van der Waals surface area (Å²) < 4.78 is 23.4. The number of halogens is 1. The van der Waals surface area contributed by atoms with Gasteiger partial charge in [0.05, 0.1) is 19.4 Å². The fraction of sp³-hybridized carbons (Fsp3) is 0.171. The van der Waals surface area contributed by atoms with Crippen molar-refractivity contribution in [3.63, 3.8) is 0 Å². The predicted molar refractivity (Wildman–Crippen MR) is 171 cm³/mol. The molecule has 0 bridgehead atoms. The van der Waals surface area contributed by atoms with E-state index in [1.165, 1.54) is 19.3 Å². The Bertz CT molecular complexity index is 1770. The Labute approximate surface area is 265 Å². The molecular weight excluding hydrogens is 596 g/mol. The van der Waals surface area contributed by atoms with Crippen molar-refractivity contribution in [3.05, 3.63) is 118 Å². The second kappa shape index (κ2) is 14.0. The maximum absolute atomic E-state index is 13.3. The van der Waals surface area contributed by atoms with Crippen LogP contribution in [0.4, 0.5) is 10.5 Å². The number of hydrogen-bond acceptors (Lipinski definition) is 7. The number of methoxy groups -OCH3 is 1. The zero-order valence-electron chi connectivity index (χ0n) is 25.0. The molecule has 5 rings (SSSR count). The summed E-state index contributed by atoms with van der Waals surface area (Å²) >= 11 is 6.21. The lowest BCUT2D eigenvalue weighted by molar-refractivity contribution is -0.122. The van der Waals surface area contributed by atoms with E-state index in [9.17, 15) is 14.4 Å². The van der Waals surface area contributed by atoms with E-state index >= 15 is 0 Å². The number of benzene rings is 4. The minimum atomic E-state index is -0.855. The number of aryl methyl sites for hydroxylation is 1. The first-order valence-corrected chi connectivity index (χ1v) is 14.6. The molecule has 0 aliphatic carbocycles. The molecule has 0 atom stereocenters. The van der Waals surface area contributed by atoms with Crippen LogP contribution in [0.2, 0.25) is 5.02 Å². The van der Waals surface area contributed by atoms with Gasteiger partial charge in [-0.05, 0) is 78.6 Å². The summed E-state index contributed by atoms with van der Waals surface area (Å²) in [5, 5.41) is 2.60. The van der Waals surface area contributed by atoms with Crippen LogP contribution in [0.15, 0.2) is 90.5 Å². The fourth-order valence-electron chi connectivity index (χ4n) is 4.60. The Morgan fingerprint density at radius 1 is 0.778 bits per heavy atom. The summed E-state index contributed by atoms with van der Waals surface area (Å²) in [5.74, 6) is 0.502. The van der Waals surface area contributed by atoms with E-state index in [4.69, 9.17) is 30.5 Å². The molecule has 10 heteroatoms. The number of urea groups is 1. The summed E-state index contributed by atoms with van der Waals surface area (Å²) in [6.07, 6.45) is 1.39. The number of ether oxygens (including phenoxy) is 4. The van der Waals surface area contributed by atoms with Crippen LogP contribution in [0.5, 0.6) is 23.0 Å². The Morgan fingerprint density at radius 2 is 1.49 bits per heavy atom. The van der Waals surface area contributed by atoms with Crippen molar-refractivity contribution in [2.75, 3.05) is 18.6 Å². The highest BCUT2D eigenvalue weighted by molar-refractivity contribution is 6.39. The molecule has 1 N–H and O–H groups in total. The van der Waals surface area contributed by atoms with Crippen molar-refractivity contribution < 1.29 is 33.3 Å². The number of imide groups is 2. The van der Waals surface area contributed by atoms with Crippen LogP contribution >= 0.6 is 11.6 Å². The van der Waals surface area contributed by atoms with E-state index in [1.807, 2.05) is 55.5 Å². The van der Waals surface area contributed by atoms with Gasteiger partial charge in [0.2, 0.25) is 0 Å². The second-order valence-corrected chi connectivity index (χ2v) is 10.5. The molecule has 0 spiro atoms. The summed E-state index contributed by atoms with van der Waals surface area (Å²) in [6.45, 7) is 4.81. The van der Waals surface area contributed by atoms with Crippen LogP contribution in [-0.4, -0.2) is 31.6 Å². The molecular formula is C35H31ClN2O7. The van der Waals surface area contributed by atoms with E-state index in [-0.39, 0.29) is 17.9 Å². The molecule has 230 valence electrons. The van der Waals surface area contributed by atoms with Gasteiger partial charge in [-0.15, -0.1) is 0 Å². The van der Waals surface area contributed by atoms with Gasteiger partial charge in [-0.1, -0.05) is 60.1 Å². The Morgan fingerprint density at radius 3 is 2.20 bits per heavy atom. The topological polar surface area (TPSA) is 103 Å². The van der Waals surface area contributed by atoms with Crippen LogP contribution in [0, 0.1) is 6.92 Å². The van der Waals surface area contributed by atoms with Gasteiger partial charge in [0, 0.05) is 5.02 Å². The van der Waals surface area contributed by atoms with E-state index in [1.54, 1.807) is 37.3 Å². The molecule has 4 amide bonds. The lowest BCUT2D eigenvalue weighted by Gasteiger charge is -2.26. The summed E-state index contributed by atoms with van der Waals surface area (Å²) in [4.78, 5) is 39.4. The van der Waals surface area contributed by atoms with E-state index < -0.39 is 17.8 Å². The van der Waals surface area contributed by atoms with Crippen LogP contribution in [-0.2, 0) is 22.8 Å². The Balaban J connectivity index is 1.31. The number of amides is 4. The minimum absolute atomic E-state index is 0.215. The first-order chi connectivity index (χ1) is 21.8. The van der Waals surface area contributed by atoms with Crippen LogP contribution in [0.25, 0.3) is 6.08 Å². The van der Waals surface area contributed by atoms with Crippen molar-refractivity contribution in [2.45, 2.75) is 27.1 Å². The molecule has 1 heterocycles. The highest BCUT2D eigenvalue weighted by Crippen LogP contribution is 2.33. The van der Waals surface area contributed by atoms with Gasteiger partial charge in [-0.3, -0.25) is 14.9 Å². The smallest absolute Gasteiger partial charge is 0.335 e. The van der Waals surface area contributed by atoms with E-state index in [2.05, 4.69) is 5.32 Å². The third-order valence-electron chi connectivity index (χ3n) is 6.95. The third-order valence-corrected chi connectivity index (χ3v) is 7.36. The number of carbonyl (C=O) groups excluding carboxylic acids is 3. The number of rotatable bonds is 11. The first-order valence-electron chi connectivity index (χ1n) is 14.2. The molecule has 4 aromatic carbocycles. The maximum atomic E-state index is 13.3. The molecule has 1 fully saturated rings. The summed E-state index contributed by atoms with van der Waals surface area (Å²) in [5.41, 5.74) is 3.20. The van der Waals surface area contributed by atoms with Gasteiger partial charge < -0.3 is 18.9 Å². The molecule has 0 saturated carbocycles. The molecule has 1 saturated heterocycles. The lowest BCUT2D eigenvalue weighted by atomic mass is 10.1. The number of anilines is 1. The monoisotopic (exact) mass is 626 g/mol. The normalized spacial score (nSPS) is 13.9. The number of nitrogens with one attached hydrogen (secondary N) is 1. The summed E-state index contributed by atoms with van der Waals surface area (Å²) in [7, 11) is 1.49. The molecule has 0 unspecified atom stereocenters. The van der Waals surface area contributed by atoms with E-state index in [0.29, 0.717) is 46.8 Å². The molecule has 0 radical (unpaired) electrons. The van der Waals surface area contributed by atoms with Gasteiger partial charge in [-0.2, -0.15) is 0 Å². The highest BCUT2D eigenvalue weighted by atomic mass is 35.5. The predicted octanol–water partition coefficient (Wildman–Crippen LogP) is 6.88. The van der Waals surface area contributed by atoms with Gasteiger partial charge in [0.1, 0.15) is 18.8 Å². The second-order valence-electron chi connectivity index (χ2n) is 10.1. The largest absolute Gasteiger partial charge is 0.493 e. The van der Waals surface area contributed by atoms with Crippen molar-refractivity contribution in [3.8, 4) is 23.0 Å². The van der Waals surface area contributed by atoms with Crippen LogP contribution < -0.4 is 29.2 Å². The van der Waals surface area contributed by atoms with Gasteiger partial charge in [-0.25, -0.2) is 9.69 Å². The van der Waals surface area contributed by atoms with Gasteiger partial charge >= 0.3 is 6.03 Å². The number of carbonyl (C=O) groups is 3. The molecule has 45 heavy (non-hydrogen) atoms. The number of barbiturate groups is 1. The number of nitrogens with zero attached hydrogens (tertiary/aromatic N) is 1. The fourth-order valence-corrected chi connectivity index (χ4v) is 4.77. The van der Waals surface area contributed by atoms with Crippen LogP contribution in [0.3, 0.4) is 0 Å². The minimum Gasteiger partial charge on any atom is -0.493 e. The van der Waals surface area contributed by atoms with Gasteiger partial charge in [0.25, 0.3) is 11.8 Å². The van der Waals surface area contributed by atoms with E-state index in [0.717, 1.165) is 21.6 Å². The molecule has 4 aromatic rings. The average Bonchev–Trinajstić information content (AvgIpc) is 3.04. The zero-order chi connectivity index (χ0) is 31.9. The standard InChI is InChI=1S/C35H31ClN2O7/c1-4-43-32-18-25(12-15-30(32)44-20-23-8-6-5-7-9-23)21-45-29-14-11-24(17-31(29)42-3)16-27-33(39)37-35(41)38(34(27)40)26-13-10-22(2)28(36)19-26/h5-19H,4,20-21H2,1-3H3,(H,37,39,41)/b27-16+. The third kappa shape index (κ3) is 7.27. The quantitative estimate of drug-likeness (QED) is 0.143. The number of hydrogen-bond donors (Lipinski definition) is 1. The molecule has 1 aliphatic rings. The van der Waals surface area contributed by atoms with Gasteiger partial charge in [0.15, 0.2) is 23.0 Å². The molecule has 0 aromatic heterocycles. The van der Waals surface area contributed by atoms with Crippen molar-refractivity contribution in [2.24, 2.45) is 0 Å². The van der Waals surface area contributed by atoms with Crippen molar-refractivity contribution in [1.82, 2.24) is 5.32 Å². The average molecular weight is 627 g/mol. The highest BCUT2D eigenvalue weighted by Gasteiger charge is 2.37.